The predicted octanol–water partition coefficient (Wildman–Crippen LogP) is 2.14. The Labute approximate surface area is 145 Å². The molecular weight excluding hydrogens is 350 g/mol. The van der Waals surface area contributed by atoms with E-state index in [0.29, 0.717) is 17.9 Å². The summed E-state index contributed by atoms with van der Waals surface area (Å²) in [7, 11) is -3.28. The molecule has 4 rings (SSSR count). The molecule has 1 aromatic carbocycles. The van der Waals surface area contributed by atoms with Crippen molar-refractivity contribution in [3.05, 3.63) is 28.9 Å². The summed E-state index contributed by atoms with van der Waals surface area (Å²) in [6, 6.07) is 3.51. The number of aromatic nitrogens is 2. The third-order valence-electron chi connectivity index (χ3n) is 5.42. The number of aromatic amines is 1. The van der Waals surface area contributed by atoms with Crippen LogP contribution in [0.1, 0.15) is 32.3 Å². The maximum Gasteiger partial charge on any atom is 0.214 e. The van der Waals surface area contributed by atoms with E-state index in [9.17, 15) is 13.5 Å². The number of benzene rings is 1. The van der Waals surface area contributed by atoms with Gasteiger partial charge >= 0.3 is 0 Å². The molecule has 3 N–H and O–H groups in total. The second kappa shape index (κ2) is 5.17. The molecule has 2 aromatic rings. The van der Waals surface area contributed by atoms with Crippen molar-refractivity contribution in [3.8, 4) is 0 Å². The quantitative estimate of drug-likeness (QED) is 0.769. The van der Waals surface area contributed by atoms with Crippen LogP contribution >= 0.6 is 11.6 Å². The molecule has 1 aromatic heterocycles. The number of nitrogens with zero attached hydrogens (tertiary/aromatic N) is 1. The van der Waals surface area contributed by atoms with Gasteiger partial charge < -0.3 is 5.11 Å². The van der Waals surface area contributed by atoms with Crippen molar-refractivity contribution in [1.29, 1.82) is 0 Å². The number of fused-ring (bicyclic) bond motifs is 2. The van der Waals surface area contributed by atoms with Gasteiger partial charge in [-0.3, -0.25) is 5.10 Å². The zero-order chi connectivity index (χ0) is 17.3. The smallest absolute Gasteiger partial charge is 0.214 e. The first-order valence-electron chi connectivity index (χ1n) is 8.08. The van der Waals surface area contributed by atoms with Gasteiger partial charge in [0.05, 0.1) is 22.6 Å². The minimum atomic E-state index is -3.28. The maximum absolute atomic E-state index is 12.0. The van der Waals surface area contributed by atoms with Crippen molar-refractivity contribution in [1.82, 2.24) is 14.9 Å². The minimum Gasteiger partial charge on any atom is -0.385 e. The van der Waals surface area contributed by atoms with E-state index < -0.39 is 20.9 Å². The molecule has 2 aliphatic carbocycles. The van der Waals surface area contributed by atoms with E-state index in [1.807, 2.05) is 0 Å². The Bertz CT molecular complexity index is 896. The summed E-state index contributed by atoms with van der Waals surface area (Å²) in [4.78, 5) is 0. The van der Waals surface area contributed by atoms with Crippen LogP contribution in [-0.2, 0) is 15.6 Å². The van der Waals surface area contributed by atoms with Crippen LogP contribution in [0.25, 0.3) is 10.9 Å². The number of nitrogens with one attached hydrogen (secondary N) is 2. The highest BCUT2D eigenvalue weighted by atomic mass is 35.5. The normalized spacial score (nSPS) is 32.5. The topological polar surface area (TPSA) is 95.1 Å². The molecule has 0 saturated heterocycles. The average molecular weight is 370 g/mol. The molecule has 130 valence electrons. The lowest BCUT2D eigenvalue weighted by Crippen LogP contribution is -2.37. The Morgan fingerprint density at radius 3 is 2.67 bits per heavy atom. The highest BCUT2D eigenvalue weighted by Gasteiger charge is 2.62. The van der Waals surface area contributed by atoms with Gasteiger partial charge in [-0.1, -0.05) is 11.6 Å². The van der Waals surface area contributed by atoms with Crippen molar-refractivity contribution in [2.75, 3.05) is 0 Å². The molecule has 8 heteroatoms. The molecule has 2 saturated carbocycles. The van der Waals surface area contributed by atoms with Crippen LogP contribution in [0.2, 0.25) is 5.02 Å². The first-order chi connectivity index (χ1) is 11.2. The van der Waals surface area contributed by atoms with Gasteiger partial charge in [-0.05, 0) is 56.2 Å². The van der Waals surface area contributed by atoms with Gasteiger partial charge in [0.15, 0.2) is 0 Å². The van der Waals surface area contributed by atoms with Gasteiger partial charge in [0.1, 0.15) is 0 Å². The molecule has 0 amide bonds. The molecular formula is C16H20ClN3O3S. The van der Waals surface area contributed by atoms with Crippen LogP contribution in [0.3, 0.4) is 0 Å². The van der Waals surface area contributed by atoms with Crippen LogP contribution in [0.15, 0.2) is 18.3 Å². The lowest BCUT2D eigenvalue weighted by molar-refractivity contribution is 0.0303. The summed E-state index contributed by atoms with van der Waals surface area (Å²) in [5.41, 5.74) is 0.585. The third-order valence-corrected chi connectivity index (χ3v) is 7.48. The standard InChI is InChI=1S/C16H20ClN3O3S/c1-8(2)24(22,23)20-15-10-5-16(21,6-11(10)15)13-3-9(17)4-14-12(13)7-18-19-14/h3-4,7-8,10-11,15,20-21H,5-6H2,1-2H3,(H,18,19). The highest BCUT2D eigenvalue weighted by molar-refractivity contribution is 7.90. The van der Waals surface area contributed by atoms with Crippen molar-refractivity contribution in [2.24, 2.45) is 11.8 Å². The molecule has 6 nitrogen and oxygen atoms in total. The molecule has 2 fully saturated rings. The molecule has 0 bridgehead atoms. The molecule has 2 aliphatic rings. The number of sulfonamides is 1. The Kier molecular flexibility index (Phi) is 3.52. The molecule has 0 aliphatic heterocycles. The fraction of sp³-hybridized carbons (Fsp3) is 0.562. The lowest BCUT2D eigenvalue weighted by atomic mass is 9.86. The van der Waals surface area contributed by atoms with Crippen LogP contribution < -0.4 is 4.72 Å². The van der Waals surface area contributed by atoms with Gasteiger partial charge in [-0.25, -0.2) is 13.1 Å². The minimum absolute atomic E-state index is 0.0586. The molecule has 1 heterocycles. The zero-order valence-corrected chi connectivity index (χ0v) is 15.0. The zero-order valence-electron chi connectivity index (χ0n) is 13.5. The fourth-order valence-electron chi connectivity index (χ4n) is 3.99. The molecule has 2 unspecified atom stereocenters. The number of halogens is 1. The first-order valence-corrected chi connectivity index (χ1v) is 10.0. The third kappa shape index (κ3) is 2.45. The monoisotopic (exact) mass is 369 g/mol. The van der Waals surface area contributed by atoms with E-state index in [-0.39, 0.29) is 17.9 Å². The van der Waals surface area contributed by atoms with Crippen molar-refractivity contribution >= 4 is 32.5 Å². The first kappa shape index (κ1) is 16.3. The summed E-state index contributed by atoms with van der Waals surface area (Å²) in [6.45, 7) is 3.33. The maximum atomic E-state index is 12.0. The average Bonchev–Trinajstić information content (AvgIpc) is 2.90. The predicted molar refractivity (Wildman–Crippen MR) is 92.2 cm³/mol. The van der Waals surface area contributed by atoms with Gasteiger partial charge in [0.2, 0.25) is 10.0 Å². The van der Waals surface area contributed by atoms with Crippen LogP contribution in [-0.4, -0.2) is 35.0 Å². The van der Waals surface area contributed by atoms with Crippen molar-refractivity contribution < 1.29 is 13.5 Å². The molecule has 0 radical (unpaired) electrons. The summed E-state index contributed by atoms with van der Waals surface area (Å²) < 4.78 is 26.8. The number of rotatable bonds is 4. The Balaban J connectivity index is 1.57. The summed E-state index contributed by atoms with van der Waals surface area (Å²) >= 11 is 6.17. The van der Waals surface area contributed by atoms with E-state index in [2.05, 4.69) is 14.9 Å². The summed E-state index contributed by atoms with van der Waals surface area (Å²) in [6.07, 6.45) is 2.76. The molecule has 2 atom stereocenters. The Hall–Kier alpha value is -1.15. The molecule has 0 spiro atoms. The van der Waals surface area contributed by atoms with E-state index >= 15 is 0 Å². The Morgan fingerprint density at radius 2 is 2.04 bits per heavy atom. The second-order valence-corrected chi connectivity index (χ2v) is 9.99. The highest BCUT2D eigenvalue weighted by Crippen LogP contribution is 2.60. The second-order valence-electron chi connectivity index (χ2n) is 7.29. The van der Waals surface area contributed by atoms with E-state index in [1.54, 1.807) is 32.2 Å². The fourth-order valence-corrected chi connectivity index (χ4v) is 5.21. The van der Waals surface area contributed by atoms with Crippen LogP contribution in [0, 0.1) is 11.8 Å². The van der Waals surface area contributed by atoms with Gasteiger partial charge in [0.25, 0.3) is 0 Å². The number of hydrogen-bond donors (Lipinski definition) is 3. The van der Waals surface area contributed by atoms with E-state index in [1.165, 1.54) is 0 Å². The van der Waals surface area contributed by atoms with E-state index in [0.717, 1.165) is 16.5 Å². The molecule has 24 heavy (non-hydrogen) atoms. The SMILES string of the molecule is CC(C)S(=O)(=O)NC1C2CC(O)(c3cc(Cl)cc4[nH]ncc34)CC21. The van der Waals surface area contributed by atoms with Gasteiger partial charge in [-0.15, -0.1) is 0 Å². The number of H-pyrrole nitrogens is 1. The van der Waals surface area contributed by atoms with Crippen LogP contribution in [0.5, 0.6) is 0 Å². The number of aliphatic hydroxyl groups is 1. The van der Waals surface area contributed by atoms with Gasteiger partial charge in [0, 0.05) is 16.5 Å². The Morgan fingerprint density at radius 1 is 1.38 bits per heavy atom. The van der Waals surface area contributed by atoms with Gasteiger partial charge in [-0.2, -0.15) is 5.10 Å². The van der Waals surface area contributed by atoms with Crippen molar-refractivity contribution in [3.63, 3.8) is 0 Å². The van der Waals surface area contributed by atoms with Crippen molar-refractivity contribution in [2.45, 2.75) is 43.6 Å². The largest absolute Gasteiger partial charge is 0.385 e. The number of hydrogen-bond acceptors (Lipinski definition) is 4. The summed E-state index contributed by atoms with van der Waals surface area (Å²) in [5.74, 6) is 0.342. The van der Waals surface area contributed by atoms with Crippen LogP contribution in [0.4, 0.5) is 0 Å². The lowest BCUT2D eigenvalue weighted by Gasteiger charge is -2.27. The van der Waals surface area contributed by atoms with E-state index in [4.69, 9.17) is 11.6 Å². The summed E-state index contributed by atoms with van der Waals surface area (Å²) in [5, 5.41) is 19.0.